The van der Waals surface area contributed by atoms with E-state index in [0.717, 1.165) is 4.90 Å². The second kappa shape index (κ2) is 5.27. The summed E-state index contributed by atoms with van der Waals surface area (Å²) in [7, 11) is 0. The molecule has 0 aliphatic rings. The molecule has 0 amide bonds. The third-order valence-corrected chi connectivity index (χ3v) is 3.34. The van der Waals surface area contributed by atoms with Crippen LogP contribution in [-0.4, -0.2) is 15.8 Å². The monoisotopic (exact) mass is 275 g/mol. The molecular formula is C13H13N3O2S. The molecule has 98 valence electrons. The molecule has 0 radical (unpaired) electrons. The van der Waals surface area contributed by atoms with Gasteiger partial charge < -0.3 is 10.7 Å². The van der Waals surface area contributed by atoms with Crippen LogP contribution in [0.25, 0.3) is 0 Å². The van der Waals surface area contributed by atoms with E-state index in [1.807, 2.05) is 0 Å². The number of benzene rings is 1. The number of nitrogens with one attached hydrogen (secondary N) is 1. The van der Waals surface area contributed by atoms with E-state index in [1.54, 1.807) is 25.1 Å². The van der Waals surface area contributed by atoms with Gasteiger partial charge in [-0.3, -0.25) is 9.59 Å². The molecule has 2 rings (SSSR count). The SMILES string of the molecule is CC(=O)c1cc(Sc2nc(C)cc(=O)[nH]2)ccc1N. The highest BCUT2D eigenvalue weighted by Gasteiger charge is 2.08. The van der Waals surface area contributed by atoms with Crippen LogP contribution in [0.4, 0.5) is 5.69 Å². The maximum atomic E-state index is 11.4. The number of aryl methyl sites for hydroxylation is 1. The Labute approximate surface area is 114 Å². The zero-order valence-electron chi connectivity index (χ0n) is 10.6. The molecule has 1 heterocycles. The fourth-order valence-corrected chi connectivity index (χ4v) is 2.49. The average Bonchev–Trinajstić information content (AvgIpc) is 2.30. The minimum atomic E-state index is -0.197. The minimum Gasteiger partial charge on any atom is -0.398 e. The van der Waals surface area contributed by atoms with Gasteiger partial charge in [0.25, 0.3) is 5.56 Å². The first kappa shape index (κ1) is 13.4. The van der Waals surface area contributed by atoms with Crippen molar-refractivity contribution in [2.24, 2.45) is 0 Å². The molecule has 0 fully saturated rings. The molecule has 2 aromatic rings. The average molecular weight is 275 g/mol. The zero-order chi connectivity index (χ0) is 14.0. The number of rotatable bonds is 3. The first-order chi connectivity index (χ1) is 8.95. The van der Waals surface area contributed by atoms with Crippen LogP contribution in [0.2, 0.25) is 0 Å². The Morgan fingerprint density at radius 2 is 2.11 bits per heavy atom. The molecule has 6 heteroatoms. The first-order valence-corrected chi connectivity index (χ1v) is 6.43. The largest absolute Gasteiger partial charge is 0.398 e. The quantitative estimate of drug-likeness (QED) is 0.508. The van der Waals surface area contributed by atoms with Crippen molar-refractivity contribution in [1.29, 1.82) is 0 Å². The first-order valence-electron chi connectivity index (χ1n) is 5.62. The fraction of sp³-hybridized carbons (Fsp3) is 0.154. The van der Waals surface area contributed by atoms with Gasteiger partial charge in [0.15, 0.2) is 10.9 Å². The molecule has 0 saturated heterocycles. The Morgan fingerprint density at radius 3 is 2.74 bits per heavy atom. The lowest BCUT2D eigenvalue weighted by atomic mass is 10.1. The number of Topliss-reactive ketones (excluding diaryl/α,β-unsaturated/α-hetero) is 1. The number of hydrogen-bond donors (Lipinski definition) is 2. The van der Waals surface area contributed by atoms with Crippen LogP contribution in [0.15, 0.2) is 39.1 Å². The maximum absolute atomic E-state index is 11.4. The number of aromatic nitrogens is 2. The highest BCUT2D eigenvalue weighted by molar-refractivity contribution is 7.99. The molecule has 0 saturated carbocycles. The summed E-state index contributed by atoms with van der Waals surface area (Å²) in [5.41, 5.74) is 7.10. The Kier molecular flexibility index (Phi) is 3.71. The van der Waals surface area contributed by atoms with E-state index < -0.39 is 0 Å². The second-order valence-electron chi connectivity index (χ2n) is 4.10. The van der Waals surface area contributed by atoms with Gasteiger partial charge in [-0.05, 0) is 32.0 Å². The van der Waals surface area contributed by atoms with E-state index in [4.69, 9.17) is 5.73 Å². The van der Waals surface area contributed by atoms with Gasteiger partial charge in [0.05, 0.1) is 0 Å². The number of nitrogens with zero attached hydrogens (tertiary/aromatic N) is 1. The standard InChI is InChI=1S/C13H13N3O2S/c1-7-5-12(18)16-13(15-7)19-9-3-4-11(14)10(6-9)8(2)17/h3-6H,14H2,1-2H3,(H,15,16,18). The predicted octanol–water partition coefficient (Wildman–Crippen LogP) is 2.01. The van der Waals surface area contributed by atoms with Gasteiger partial charge in [-0.15, -0.1) is 0 Å². The smallest absolute Gasteiger partial charge is 0.251 e. The lowest BCUT2D eigenvalue weighted by molar-refractivity contribution is 0.101. The summed E-state index contributed by atoms with van der Waals surface area (Å²) in [6, 6.07) is 6.58. The summed E-state index contributed by atoms with van der Waals surface area (Å²) in [5.74, 6) is -0.0920. The van der Waals surface area contributed by atoms with E-state index in [2.05, 4.69) is 9.97 Å². The second-order valence-corrected chi connectivity index (χ2v) is 5.16. The highest BCUT2D eigenvalue weighted by Crippen LogP contribution is 2.27. The summed E-state index contributed by atoms with van der Waals surface area (Å²) in [6.45, 7) is 3.22. The minimum absolute atomic E-state index is 0.0920. The van der Waals surface area contributed by atoms with Crippen molar-refractivity contribution < 1.29 is 4.79 Å². The summed E-state index contributed by atoms with van der Waals surface area (Å²) in [4.78, 5) is 30.4. The van der Waals surface area contributed by atoms with Crippen LogP contribution in [0, 0.1) is 6.92 Å². The van der Waals surface area contributed by atoms with Gasteiger partial charge in [0.1, 0.15) is 0 Å². The molecule has 0 spiro atoms. The lowest BCUT2D eigenvalue weighted by Gasteiger charge is -2.05. The van der Waals surface area contributed by atoms with Crippen LogP contribution in [0.3, 0.4) is 0 Å². The number of anilines is 1. The van der Waals surface area contributed by atoms with Crippen LogP contribution in [0.1, 0.15) is 23.0 Å². The van der Waals surface area contributed by atoms with Crippen LogP contribution >= 0.6 is 11.8 Å². The summed E-state index contributed by atoms with van der Waals surface area (Å²) in [5, 5.41) is 0.490. The molecule has 0 unspecified atom stereocenters. The number of hydrogen-bond acceptors (Lipinski definition) is 5. The highest BCUT2D eigenvalue weighted by atomic mass is 32.2. The number of ketones is 1. The van der Waals surface area contributed by atoms with Crippen molar-refractivity contribution in [3.8, 4) is 0 Å². The number of carbonyl (C=O) groups excluding carboxylic acids is 1. The van der Waals surface area contributed by atoms with Crippen molar-refractivity contribution >= 4 is 23.2 Å². The Balaban J connectivity index is 2.36. The summed E-state index contributed by atoms with van der Waals surface area (Å²) in [6.07, 6.45) is 0. The molecule has 5 nitrogen and oxygen atoms in total. The molecule has 0 atom stereocenters. The van der Waals surface area contributed by atoms with E-state index in [9.17, 15) is 9.59 Å². The van der Waals surface area contributed by atoms with Crippen molar-refractivity contribution in [2.45, 2.75) is 23.9 Å². The molecule has 0 bridgehead atoms. The summed E-state index contributed by atoms with van der Waals surface area (Å²) < 4.78 is 0. The van der Waals surface area contributed by atoms with Crippen molar-refractivity contribution in [2.75, 3.05) is 5.73 Å². The fourth-order valence-electron chi connectivity index (χ4n) is 1.62. The van der Waals surface area contributed by atoms with E-state index >= 15 is 0 Å². The molecule has 0 aliphatic heterocycles. The van der Waals surface area contributed by atoms with E-state index in [0.29, 0.717) is 22.1 Å². The van der Waals surface area contributed by atoms with Gasteiger partial charge in [0, 0.05) is 27.9 Å². The van der Waals surface area contributed by atoms with Crippen molar-refractivity contribution in [3.63, 3.8) is 0 Å². The zero-order valence-corrected chi connectivity index (χ0v) is 11.4. The van der Waals surface area contributed by atoms with Gasteiger partial charge in [-0.2, -0.15) is 0 Å². The van der Waals surface area contributed by atoms with Gasteiger partial charge in [-0.25, -0.2) is 4.98 Å². The molecule has 3 N–H and O–H groups in total. The topological polar surface area (TPSA) is 88.8 Å². The van der Waals surface area contributed by atoms with Gasteiger partial charge in [0.2, 0.25) is 0 Å². The lowest BCUT2D eigenvalue weighted by Crippen LogP contribution is -2.08. The molecular weight excluding hydrogens is 262 g/mol. The molecule has 1 aromatic heterocycles. The summed E-state index contributed by atoms with van der Waals surface area (Å²) >= 11 is 1.28. The number of nitrogen functional groups attached to an aromatic ring is 1. The maximum Gasteiger partial charge on any atom is 0.251 e. The molecule has 0 aliphatic carbocycles. The Morgan fingerprint density at radius 1 is 1.37 bits per heavy atom. The Bertz CT molecular complexity index is 695. The predicted molar refractivity (Wildman–Crippen MR) is 74.6 cm³/mol. The molecule has 19 heavy (non-hydrogen) atoms. The Hall–Kier alpha value is -2.08. The molecule has 1 aromatic carbocycles. The van der Waals surface area contributed by atoms with Crippen LogP contribution < -0.4 is 11.3 Å². The third-order valence-electron chi connectivity index (χ3n) is 2.47. The normalized spacial score (nSPS) is 10.4. The van der Waals surface area contributed by atoms with Crippen molar-refractivity contribution in [1.82, 2.24) is 9.97 Å². The number of H-pyrrole nitrogens is 1. The van der Waals surface area contributed by atoms with Crippen molar-refractivity contribution in [3.05, 3.63) is 45.9 Å². The van der Waals surface area contributed by atoms with Crippen LogP contribution in [-0.2, 0) is 0 Å². The third kappa shape index (κ3) is 3.23. The van der Waals surface area contributed by atoms with Crippen LogP contribution in [0.5, 0.6) is 0 Å². The number of carbonyl (C=O) groups is 1. The number of nitrogens with two attached hydrogens (primary N) is 1. The van der Waals surface area contributed by atoms with Gasteiger partial charge in [-0.1, -0.05) is 11.8 Å². The number of aromatic amines is 1. The van der Waals surface area contributed by atoms with E-state index in [-0.39, 0.29) is 11.3 Å². The van der Waals surface area contributed by atoms with E-state index in [1.165, 1.54) is 24.8 Å². The van der Waals surface area contributed by atoms with Gasteiger partial charge >= 0.3 is 0 Å².